The van der Waals surface area contributed by atoms with Crippen molar-refractivity contribution >= 4 is 17.5 Å². The molecule has 5 nitrogen and oxygen atoms in total. The molecule has 2 aliphatic heterocycles. The number of hydrogen-bond donors (Lipinski definition) is 0. The number of carbonyl (C=O) groups excluding carboxylic acids is 1. The van der Waals surface area contributed by atoms with Crippen LogP contribution in [0.2, 0.25) is 5.02 Å². The van der Waals surface area contributed by atoms with Crippen LogP contribution in [-0.4, -0.2) is 67.7 Å². The Bertz CT molecular complexity index is 538. The molecule has 0 spiro atoms. The Balaban J connectivity index is 1.30. The van der Waals surface area contributed by atoms with Crippen molar-refractivity contribution in [1.29, 1.82) is 0 Å². The highest BCUT2D eigenvalue weighted by Crippen LogP contribution is 2.18. The molecule has 6 heteroatoms. The van der Waals surface area contributed by atoms with Crippen molar-refractivity contribution in [3.05, 3.63) is 29.3 Å². The fourth-order valence-electron chi connectivity index (χ4n) is 3.36. The first kappa shape index (κ1) is 18.5. The van der Waals surface area contributed by atoms with Gasteiger partial charge in [0.15, 0.2) is 0 Å². The summed E-state index contributed by atoms with van der Waals surface area (Å²) in [7, 11) is 0. The lowest BCUT2D eigenvalue weighted by atomic mass is 10.1. The summed E-state index contributed by atoms with van der Waals surface area (Å²) < 4.78 is 11.3. The van der Waals surface area contributed by atoms with Crippen molar-refractivity contribution < 1.29 is 14.3 Å². The summed E-state index contributed by atoms with van der Waals surface area (Å²) in [6, 6.07) is 7.43. The first-order valence-corrected chi connectivity index (χ1v) is 9.58. The van der Waals surface area contributed by atoms with Crippen LogP contribution in [-0.2, 0) is 9.53 Å². The van der Waals surface area contributed by atoms with Crippen LogP contribution in [0.15, 0.2) is 24.3 Å². The number of nitrogens with zero attached hydrogens (tertiary/aromatic N) is 2. The van der Waals surface area contributed by atoms with Crippen molar-refractivity contribution in [3.8, 4) is 5.75 Å². The summed E-state index contributed by atoms with van der Waals surface area (Å²) in [5.41, 5.74) is 0. The minimum absolute atomic E-state index is 0.271. The van der Waals surface area contributed by atoms with Crippen LogP contribution in [0.1, 0.15) is 25.7 Å². The molecule has 2 saturated heterocycles. The third-order valence-corrected chi connectivity index (χ3v) is 5.17. The van der Waals surface area contributed by atoms with Gasteiger partial charge in [-0.3, -0.25) is 9.69 Å². The van der Waals surface area contributed by atoms with Gasteiger partial charge in [-0.1, -0.05) is 11.6 Å². The summed E-state index contributed by atoms with van der Waals surface area (Å²) in [5, 5.41) is 0.715. The van der Waals surface area contributed by atoms with E-state index in [0.717, 1.165) is 64.3 Å². The van der Waals surface area contributed by atoms with Crippen LogP contribution in [0.3, 0.4) is 0 Å². The highest BCUT2D eigenvalue weighted by Gasteiger charge is 2.23. The smallest absolute Gasteiger partial charge is 0.222 e. The summed E-state index contributed by atoms with van der Waals surface area (Å²) >= 11 is 5.86. The van der Waals surface area contributed by atoms with Gasteiger partial charge in [0.1, 0.15) is 12.4 Å². The predicted octanol–water partition coefficient (Wildman–Crippen LogP) is 2.82. The number of piperazine rings is 1. The SMILES string of the molecule is O=C(CCC1CCCO1)N1CCN(CCOc2ccc(Cl)cc2)CC1. The topological polar surface area (TPSA) is 42.0 Å². The Morgan fingerprint density at radius 2 is 1.96 bits per heavy atom. The fourth-order valence-corrected chi connectivity index (χ4v) is 3.48. The van der Waals surface area contributed by atoms with Gasteiger partial charge in [-0.15, -0.1) is 0 Å². The first-order chi connectivity index (χ1) is 12.2. The van der Waals surface area contributed by atoms with Crippen molar-refractivity contribution in [3.63, 3.8) is 0 Å². The molecule has 0 aromatic heterocycles. The number of amides is 1. The first-order valence-electron chi connectivity index (χ1n) is 9.21. The van der Waals surface area contributed by atoms with Crippen molar-refractivity contribution in [2.75, 3.05) is 45.9 Å². The zero-order valence-corrected chi connectivity index (χ0v) is 15.4. The fraction of sp³-hybridized carbons (Fsp3) is 0.632. The molecule has 1 aromatic carbocycles. The van der Waals surface area contributed by atoms with E-state index in [1.807, 2.05) is 29.2 Å². The average Bonchev–Trinajstić information content (AvgIpc) is 3.15. The quantitative estimate of drug-likeness (QED) is 0.744. The van der Waals surface area contributed by atoms with Gasteiger partial charge in [0.2, 0.25) is 5.91 Å². The minimum atomic E-state index is 0.271. The van der Waals surface area contributed by atoms with E-state index in [-0.39, 0.29) is 5.91 Å². The van der Waals surface area contributed by atoms with E-state index < -0.39 is 0 Å². The molecule has 138 valence electrons. The van der Waals surface area contributed by atoms with E-state index in [4.69, 9.17) is 21.1 Å². The largest absolute Gasteiger partial charge is 0.492 e. The summed E-state index contributed by atoms with van der Waals surface area (Å²) in [4.78, 5) is 16.6. The van der Waals surface area contributed by atoms with Gasteiger partial charge in [0.05, 0.1) is 6.10 Å². The second-order valence-corrected chi connectivity index (χ2v) is 7.13. The Hall–Kier alpha value is -1.30. The highest BCUT2D eigenvalue weighted by molar-refractivity contribution is 6.30. The molecule has 2 aliphatic rings. The molecule has 1 aromatic rings. The molecule has 25 heavy (non-hydrogen) atoms. The normalized spacial score (nSPS) is 21.5. The lowest BCUT2D eigenvalue weighted by molar-refractivity contribution is -0.133. The molecular formula is C19H27ClN2O3. The number of rotatable bonds is 7. The lowest BCUT2D eigenvalue weighted by Gasteiger charge is -2.34. The van der Waals surface area contributed by atoms with Crippen molar-refractivity contribution in [1.82, 2.24) is 9.80 Å². The standard InChI is InChI=1S/C19H27ClN2O3/c20-16-3-5-18(6-4-16)25-15-13-21-9-11-22(12-10-21)19(23)8-7-17-2-1-14-24-17/h3-6,17H,1-2,7-15H2. The number of hydrogen-bond acceptors (Lipinski definition) is 4. The van der Waals surface area contributed by atoms with E-state index in [1.165, 1.54) is 0 Å². The molecule has 1 amide bonds. The van der Waals surface area contributed by atoms with E-state index in [1.54, 1.807) is 0 Å². The number of benzene rings is 1. The Kier molecular flexibility index (Phi) is 6.96. The van der Waals surface area contributed by atoms with Gasteiger partial charge >= 0.3 is 0 Å². The monoisotopic (exact) mass is 366 g/mol. The molecule has 2 fully saturated rings. The summed E-state index contributed by atoms with van der Waals surface area (Å²) in [5.74, 6) is 1.11. The molecule has 3 rings (SSSR count). The average molecular weight is 367 g/mol. The molecule has 1 atom stereocenters. The van der Waals surface area contributed by atoms with E-state index in [2.05, 4.69) is 4.90 Å². The van der Waals surface area contributed by atoms with E-state index in [0.29, 0.717) is 24.2 Å². The molecule has 0 bridgehead atoms. The lowest BCUT2D eigenvalue weighted by Crippen LogP contribution is -2.49. The highest BCUT2D eigenvalue weighted by atomic mass is 35.5. The number of carbonyl (C=O) groups is 1. The van der Waals surface area contributed by atoms with Crippen LogP contribution in [0.25, 0.3) is 0 Å². The molecule has 0 radical (unpaired) electrons. The van der Waals surface area contributed by atoms with Gasteiger partial charge in [-0.2, -0.15) is 0 Å². The van der Waals surface area contributed by atoms with E-state index >= 15 is 0 Å². The van der Waals surface area contributed by atoms with Crippen molar-refractivity contribution in [2.24, 2.45) is 0 Å². The van der Waals surface area contributed by atoms with E-state index in [9.17, 15) is 4.79 Å². The predicted molar refractivity (Wildman–Crippen MR) is 98.2 cm³/mol. The van der Waals surface area contributed by atoms with Crippen LogP contribution in [0.4, 0.5) is 0 Å². The van der Waals surface area contributed by atoms with Gasteiger partial charge in [0, 0.05) is 50.8 Å². The molecule has 0 saturated carbocycles. The zero-order chi connectivity index (χ0) is 17.5. The molecule has 2 heterocycles. The van der Waals surface area contributed by atoms with Crippen LogP contribution in [0.5, 0.6) is 5.75 Å². The summed E-state index contributed by atoms with van der Waals surface area (Å²) in [6.45, 7) is 5.83. The maximum atomic E-state index is 12.3. The van der Waals surface area contributed by atoms with Crippen LogP contribution in [0, 0.1) is 0 Å². The molecule has 1 unspecified atom stereocenters. The molecule has 0 aliphatic carbocycles. The Morgan fingerprint density at radius 1 is 1.20 bits per heavy atom. The van der Waals surface area contributed by atoms with Crippen molar-refractivity contribution in [2.45, 2.75) is 31.8 Å². The third kappa shape index (κ3) is 5.87. The number of ether oxygens (including phenoxy) is 2. The maximum Gasteiger partial charge on any atom is 0.222 e. The third-order valence-electron chi connectivity index (χ3n) is 4.92. The Morgan fingerprint density at radius 3 is 2.64 bits per heavy atom. The van der Waals surface area contributed by atoms with Crippen LogP contribution >= 0.6 is 11.6 Å². The zero-order valence-electron chi connectivity index (χ0n) is 14.7. The second kappa shape index (κ2) is 9.41. The summed E-state index contributed by atoms with van der Waals surface area (Å²) in [6.07, 6.45) is 4.03. The number of halogens is 1. The Labute approximate surface area is 154 Å². The van der Waals surface area contributed by atoms with Gasteiger partial charge < -0.3 is 14.4 Å². The van der Waals surface area contributed by atoms with Gasteiger partial charge in [0.25, 0.3) is 0 Å². The molecular weight excluding hydrogens is 340 g/mol. The van der Waals surface area contributed by atoms with Gasteiger partial charge in [-0.05, 0) is 43.5 Å². The van der Waals surface area contributed by atoms with Crippen LogP contribution < -0.4 is 4.74 Å². The minimum Gasteiger partial charge on any atom is -0.492 e. The second-order valence-electron chi connectivity index (χ2n) is 6.70. The molecule has 0 N–H and O–H groups in total. The van der Waals surface area contributed by atoms with Gasteiger partial charge in [-0.25, -0.2) is 0 Å². The maximum absolute atomic E-state index is 12.3.